The van der Waals surface area contributed by atoms with E-state index in [1.807, 2.05) is 0 Å². The summed E-state index contributed by atoms with van der Waals surface area (Å²) in [6.45, 7) is 0.375. The number of methoxy groups -OCH3 is 1. The monoisotopic (exact) mass is 330 g/mol. The average Bonchev–Trinajstić information content (AvgIpc) is 2.92. The van der Waals surface area contributed by atoms with Gasteiger partial charge in [-0.2, -0.15) is 0 Å². The molecule has 8 heteroatoms. The maximum Gasteiger partial charge on any atom is 0.342 e. The van der Waals surface area contributed by atoms with Crippen LogP contribution in [0.5, 0.6) is 0 Å². The maximum absolute atomic E-state index is 13.9. The van der Waals surface area contributed by atoms with Crippen LogP contribution in [0.25, 0.3) is 0 Å². The van der Waals surface area contributed by atoms with Crippen LogP contribution in [0.3, 0.4) is 0 Å². The third-order valence-corrected chi connectivity index (χ3v) is 5.46. The molecule has 0 saturated heterocycles. The zero-order valence-corrected chi connectivity index (χ0v) is 13.0. The molecule has 2 unspecified atom stereocenters. The fourth-order valence-corrected chi connectivity index (χ4v) is 4.31. The number of hydrogen-bond donors (Lipinski definition) is 2. The van der Waals surface area contributed by atoms with Crippen LogP contribution in [0.4, 0.5) is 4.39 Å². The molecule has 2 atom stereocenters. The number of halogens is 1. The Morgan fingerprint density at radius 3 is 2.82 bits per heavy atom. The molecular weight excluding hydrogens is 311 g/mol. The molecule has 6 nitrogen and oxygen atoms in total. The van der Waals surface area contributed by atoms with Gasteiger partial charge in [-0.15, -0.1) is 0 Å². The Morgan fingerprint density at radius 2 is 2.18 bits per heavy atom. The first-order chi connectivity index (χ1) is 10.4. The highest BCUT2D eigenvalue weighted by Crippen LogP contribution is 2.27. The second-order valence-corrected chi connectivity index (χ2v) is 6.94. The molecule has 122 valence electrons. The van der Waals surface area contributed by atoms with Gasteiger partial charge in [0, 0.05) is 6.04 Å². The first kappa shape index (κ1) is 16.9. The van der Waals surface area contributed by atoms with Crippen molar-refractivity contribution < 1.29 is 22.3 Å². The topological polar surface area (TPSA) is 98.5 Å². The number of carbonyl (C=O) groups excluding carboxylic acids is 1. The van der Waals surface area contributed by atoms with E-state index < -0.39 is 32.3 Å². The second-order valence-electron chi connectivity index (χ2n) is 5.26. The lowest BCUT2D eigenvalue weighted by Crippen LogP contribution is -2.40. The molecule has 1 aliphatic rings. The molecule has 0 amide bonds. The summed E-state index contributed by atoms with van der Waals surface area (Å²) in [4.78, 5) is 11.3. The molecule has 0 heterocycles. The van der Waals surface area contributed by atoms with Gasteiger partial charge >= 0.3 is 5.97 Å². The third-order valence-electron chi connectivity index (χ3n) is 3.92. The van der Waals surface area contributed by atoms with Crippen molar-refractivity contribution >= 4 is 16.0 Å². The summed E-state index contributed by atoms with van der Waals surface area (Å²) in [5, 5.41) is 0. The van der Waals surface area contributed by atoms with E-state index in [0.717, 1.165) is 26.0 Å². The van der Waals surface area contributed by atoms with Gasteiger partial charge in [-0.1, -0.05) is 12.5 Å². The largest absolute Gasteiger partial charge is 0.465 e. The van der Waals surface area contributed by atoms with Gasteiger partial charge in [-0.05, 0) is 37.4 Å². The zero-order valence-electron chi connectivity index (χ0n) is 12.2. The summed E-state index contributed by atoms with van der Waals surface area (Å²) in [5.74, 6) is -1.92. The molecular formula is C14H19FN2O4S. The number of nitrogens with two attached hydrogens (primary N) is 1. The number of ether oxygens (including phenoxy) is 1. The van der Waals surface area contributed by atoms with Crippen LogP contribution < -0.4 is 10.5 Å². The van der Waals surface area contributed by atoms with Gasteiger partial charge < -0.3 is 10.5 Å². The number of hydrogen-bond acceptors (Lipinski definition) is 5. The number of benzene rings is 1. The number of sulfonamides is 1. The molecule has 2 rings (SSSR count). The maximum atomic E-state index is 13.9. The van der Waals surface area contributed by atoms with Crippen molar-refractivity contribution in [2.45, 2.75) is 30.2 Å². The van der Waals surface area contributed by atoms with Crippen LogP contribution in [-0.4, -0.2) is 34.1 Å². The predicted molar refractivity (Wildman–Crippen MR) is 78.2 cm³/mol. The summed E-state index contributed by atoms with van der Waals surface area (Å²) < 4.78 is 45.9. The summed E-state index contributed by atoms with van der Waals surface area (Å²) in [6.07, 6.45) is 2.39. The van der Waals surface area contributed by atoms with E-state index in [0.29, 0.717) is 13.0 Å². The van der Waals surface area contributed by atoms with Crippen LogP contribution in [-0.2, 0) is 14.8 Å². The first-order valence-corrected chi connectivity index (χ1v) is 8.48. The minimum atomic E-state index is -4.04. The highest BCUT2D eigenvalue weighted by molar-refractivity contribution is 7.89. The van der Waals surface area contributed by atoms with E-state index in [4.69, 9.17) is 5.73 Å². The van der Waals surface area contributed by atoms with Crippen LogP contribution >= 0.6 is 0 Å². The van der Waals surface area contributed by atoms with Gasteiger partial charge in [0.1, 0.15) is 11.4 Å². The molecule has 1 fully saturated rings. The molecule has 3 N–H and O–H groups in total. The molecule has 0 aromatic heterocycles. The van der Waals surface area contributed by atoms with E-state index in [2.05, 4.69) is 9.46 Å². The number of carbonyl (C=O) groups is 1. The van der Waals surface area contributed by atoms with Gasteiger partial charge in [-0.25, -0.2) is 22.3 Å². The van der Waals surface area contributed by atoms with Gasteiger partial charge in [0.05, 0.1) is 12.0 Å². The van der Waals surface area contributed by atoms with E-state index in [9.17, 15) is 17.6 Å². The fourth-order valence-electron chi connectivity index (χ4n) is 2.77. The van der Waals surface area contributed by atoms with Crippen LogP contribution in [0.2, 0.25) is 0 Å². The Balaban J connectivity index is 2.38. The fraction of sp³-hybridized carbons (Fsp3) is 0.500. The van der Waals surface area contributed by atoms with Gasteiger partial charge in [0.15, 0.2) is 0 Å². The quantitative estimate of drug-likeness (QED) is 0.785. The minimum Gasteiger partial charge on any atom is -0.465 e. The summed E-state index contributed by atoms with van der Waals surface area (Å²) in [5.41, 5.74) is 5.05. The van der Waals surface area contributed by atoms with Crippen molar-refractivity contribution in [3.8, 4) is 0 Å². The van der Waals surface area contributed by atoms with Crippen molar-refractivity contribution in [1.29, 1.82) is 0 Å². The summed E-state index contributed by atoms with van der Waals surface area (Å²) >= 11 is 0. The number of rotatable bonds is 5. The minimum absolute atomic E-state index is 0.0462. The zero-order chi connectivity index (χ0) is 16.3. The molecule has 1 aromatic carbocycles. The van der Waals surface area contributed by atoms with Gasteiger partial charge in [-0.3, -0.25) is 0 Å². The normalized spacial score (nSPS) is 21.8. The Labute approximate surface area is 128 Å². The van der Waals surface area contributed by atoms with Crippen LogP contribution in [0.1, 0.15) is 29.6 Å². The van der Waals surface area contributed by atoms with Crippen LogP contribution in [0, 0.1) is 11.7 Å². The lowest BCUT2D eigenvalue weighted by Gasteiger charge is -2.20. The lowest BCUT2D eigenvalue weighted by molar-refractivity contribution is 0.0590. The highest BCUT2D eigenvalue weighted by atomic mass is 32.2. The van der Waals surface area contributed by atoms with Crippen molar-refractivity contribution in [1.82, 2.24) is 4.72 Å². The van der Waals surface area contributed by atoms with E-state index in [-0.39, 0.29) is 12.0 Å². The molecule has 0 spiro atoms. The number of esters is 1. The van der Waals surface area contributed by atoms with E-state index in [1.54, 1.807) is 0 Å². The summed E-state index contributed by atoms with van der Waals surface area (Å²) in [6, 6.07) is 3.14. The second kappa shape index (κ2) is 6.72. The van der Waals surface area contributed by atoms with Crippen molar-refractivity contribution in [3.63, 3.8) is 0 Å². The third kappa shape index (κ3) is 3.29. The van der Waals surface area contributed by atoms with Gasteiger partial charge in [0.25, 0.3) is 0 Å². The molecule has 1 aromatic rings. The number of nitrogens with one attached hydrogen (secondary N) is 1. The average molecular weight is 330 g/mol. The van der Waals surface area contributed by atoms with Crippen molar-refractivity contribution in [3.05, 3.63) is 29.6 Å². The Kier molecular flexibility index (Phi) is 5.15. The molecule has 22 heavy (non-hydrogen) atoms. The SMILES string of the molecule is COC(=O)c1c(F)cccc1S(=O)(=O)NC1CCCC1CN. The molecule has 0 radical (unpaired) electrons. The standard InChI is InChI=1S/C14H19FN2O4S/c1-21-14(18)13-10(15)5-3-7-12(13)22(19,20)17-11-6-2-4-9(11)8-16/h3,5,7,9,11,17H,2,4,6,8,16H2,1H3. The Bertz CT molecular complexity index is 663. The Morgan fingerprint density at radius 1 is 1.45 bits per heavy atom. The predicted octanol–water partition coefficient (Wildman–Crippen LogP) is 1.02. The van der Waals surface area contributed by atoms with Crippen molar-refractivity contribution in [2.75, 3.05) is 13.7 Å². The Hall–Kier alpha value is -1.51. The van der Waals surface area contributed by atoms with Crippen LogP contribution in [0.15, 0.2) is 23.1 Å². The molecule has 1 aliphatic carbocycles. The van der Waals surface area contributed by atoms with E-state index in [1.165, 1.54) is 12.1 Å². The molecule has 0 bridgehead atoms. The van der Waals surface area contributed by atoms with Gasteiger partial charge in [0.2, 0.25) is 10.0 Å². The van der Waals surface area contributed by atoms with Crippen molar-refractivity contribution in [2.24, 2.45) is 11.7 Å². The highest BCUT2D eigenvalue weighted by Gasteiger charge is 2.33. The van der Waals surface area contributed by atoms with E-state index >= 15 is 0 Å². The molecule has 0 aliphatic heterocycles. The summed E-state index contributed by atoms with van der Waals surface area (Å²) in [7, 11) is -2.97. The smallest absolute Gasteiger partial charge is 0.342 e. The first-order valence-electron chi connectivity index (χ1n) is 7.00. The molecule has 1 saturated carbocycles. The lowest BCUT2D eigenvalue weighted by atomic mass is 10.1.